The standard InChI is InChI=1S/C10H23NO/c1-2-3-4-5-6-7-8-9-10(11)12/h10,12H,2-9,11H2,1H3. The number of hydrogen-bond donors (Lipinski definition) is 2. The van der Waals surface area contributed by atoms with Crippen molar-refractivity contribution >= 4 is 0 Å². The third-order valence-electron chi connectivity index (χ3n) is 2.10. The van der Waals surface area contributed by atoms with Crippen molar-refractivity contribution in [3.8, 4) is 0 Å². The van der Waals surface area contributed by atoms with Gasteiger partial charge < -0.3 is 10.8 Å². The monoisotopic (exact) mass is 173 g/mol. The molecular formula is C10H23NO. The molecule has 0 spiro atoms. The Morgan fingerprint density at radius 3 is 2.00 bits per heavy atom. The topological polar surface area (TPSA) is 46.2 Å². The van der Waals surface area contributed by atoms with Gasteiger partial charge in [-0.2, -0.15) is 0 Å². The van der Waals surface area contributed by atoms with Crippen molar-refractivity contribution in [1.29, 1.82) is 0 Å². The maximum atomic E-state index is 8.77. The number of hydrogen-bond acceptors (Lipinski definition) is 2. The maximum absolute atomic E-state index is 8.77. The summed E-state index contributed by atoms with van der Waals surface area (Å²) in [5.74, 6) is 0. The van der Waals surface area contributed by atoms with Gasteiger partial charge in [0.05, 0.1) is 0 Å². The number of aliphatic hydroxyl groups is 1. The molecule has 0 aromatic rings. The summed E-state index contributed by atoms with van der Waals surface area (Å²) in [6.07, 6.45) is 9.13. The van der Waals surface area contributed by atoms with Crippen LogP contribution in [0.15, 0.2) is 0 Å². The average molecular weight is 173 g/mol. The van der Waals surface area contributed by atoms with Gasteiger partial charge in [-0.15, -0.1) is 0 Å². The Kier molecular flexibility index (Phi) is 8.95. The molecule has 1 atom stereocenters. The summed E-state index contributed by atoms with van der Waals surface area (Å²) in [5, 5.41) is 8.77. The molecule has 0 aromatic carbocycles. The van der Waals surface area contributed by atoms with Crippen LogP contribution in [0.4, 0.5) is 0 Å². The molecule has 0 fully saturated rings. The lowest BCUT2D eigenvalue weighted by Crippen LogP contribution is -2.17. The third kappa shape index (κ3) is 9.92. The van der Waals surface area contributed by atoms with E-state index < -0.39 is 6.23 Å². The molecule has 0 aliphatic rings. The minimum Gasteiger partial charge on any atom is -0.379 e. The highest BCUT2D eigenvalue weighted by Crippen LogP contribution is 2.08. The lowest BCUT2D eigenvalue weighted by molar-refractivity contribution is 0.168. The molecule has 3 N–H and O–H groups in total. The van der Waals surface area contributed by atoms with Crippen molar-refractivity contribution in [2.75, 3.05) is 0 Å². The van der Waals surface area contributed by atoms with Gasteiger partial charge in [0.25, 0.3) is 0 Å². The zero-order valence-electron chi connectivity index (χ0n) is 8.26. The normalized spacial score (nSPS) is 13.2. The molecule has 0 saturated carbocycles. The first-order valence-corrected chi connectivity index (χ1v) is 5.21. The lowest BCUT2D eigenvalue weighted by atomic mass is 10.1. The van der Waals surface area contributed by atoms with Crippen LogP contribution < -0.4 is 5.73 Å². The summed E-state index contributed by atoms with van der Waals surface area (Å²) in [7, 11) is 0. The van der Waals surface area contributed by atoms with Crippen molar-refractivity contribution in [2.24, 2.45) is 5.73 Å². The Morgan fingerprint density at radius 2 is 1.50 bits per heavy atom. The fraction of sp³-hybridized carbons (Fsp3) is 1.00. The van der Waals surface area contributed by atoms with Crippen LogP contribution in [0.5, 0.6) is 0 Å². The van der Waals surface area contributed by atoms with Gasteiger partial charge in [0.1, 0.15) is 6.23 Å². The predicted molar refractivity (Wildman–Crippen MR) is 52.8 cm³/mol. The molecule has 0 amide bonds. The minimum atomic E-state index is -0.597. The van der Waals surface area contributed by atoms with E-state index in [9.17, 15) is 0 Å². The summed E-state index contributed by atoms with van der Waals surface area (Å²) in [6, 6.07) is 0. The number of rotatable bonds is 8. The first-order chi connectivity index (χ1) is 5.77. The summed E-state index contributed by atoms with van der Waals surface area (Å²) >= 11 is 0. The lowest BCUT2D eigenvalue weighted by Gasteiger charge is -2.03. The molecule has 12 heavy (non-hydrogen) atoms. The van der Waals surface area contributed by atoms with E-state index in [4.69, 9.17) is 10.8 Å². The van der Waals surface area contributed by atoms with Crippen LogP contribution in [0.3, 0.4) is 0 Å². The van der Waals surface area contributed by atoms with E-state index in [1.807, 2.05) is 0 Å². The first kappa shape index (κ1) is 11.9. The van der Waals surface area contributed by atoms with Gasteiger partial charge >= 0.3 is 0 Å². The van der Waals surface area contributed by atoms with Crippen molar-refractivity contribution in [2.45, 2.75) is 64.5 Å². The zero-order valence-corrected chi connectivity index (χ0v) is 8.26. The van der Waals surface area contributed by atoms with E-state index in [2.05, 4.69) is 6.92 Å². The quantitative estimate of drug-likeness (QED) is 0.437. The molecule has 0 aliphatic heterocycles. The van der Waals surface area contributed by atoms with E-state index in [1.165, 1.54) is 38.5 Å². The summed E-state index contributed by atoms with van der Waals surface area (Å²) in [5.41, 5.74) is 5.21. The van der Waals surface area contributed by atoms with E-state index in [0.29, 0.717) is 0 Å². The van der Waals surface area contributed by atoms with Crippen LogP contribution in [0.1, 0.15) is 58.3 Å². The third-order valence-corrected chi connectivity index (χ3v) is 2.10. The van der Waals surface area contributed by atoms with Gasteiger partial charge in [0.15, 0.2) is 0 Å². The van der Waals surface area contributed by atoms with E-state index in [1.54, 1.807) is 0 Å². The Balaban J connectivity index is 2.82. The second kappa shape index (κ2) is 9.01. The van der Waals surface area contributed by atoms with Gasteiger partial charge in [-0.05, 0) is 12.8 Å². The van der Waals surface area contributed by atoms with Crippen molar-refractivity contribution in [3.63, 3.8) is 0 Å². The molecule has 2 nitrogen and oxygen atoms in total. The fourth-order valence-electron chi connectivity index (χ4n) is 1.31. The summed E-state index contributed by atoms with van der Waals surface area (Å²) < 4.78 is 0. The molecule has 0 heterocycles. The van der Waals surface area contributed by atoms with Gasteiger partial charge in [0, 0.05) is 0 Å². The van der Waals surface area contributed by atoms with Gasteiger partial charge in [0.2, 0.25) is 0 Å². The summed E-state index contributed by atoms with van der Waals surface area (Å²) in [4.78, 5) is 0. The minimum absolute atomic E-state index is 0.597. The molecule has 0 aliphatic carbocycles. The first-order valence-electron chi connectivity index (χ1n) is 5.21. The van der Waals surface area contributed by atoms with Crippen LogP contribution in [0.25, 0.3) is 0 Å². The Hall–Kier alpha value is -0.0800. The van der Waals surface area contributed by atoms with E-state index in [-0.39, 0.29) is 0 Å². The Morgan fingerprint density at radius 1 is 1.00 bits per heavy atom. The number of unbranched alkanes of at least 4 members (excludes halogenated alkanes) is 6. The van der Waals surface area contributed by atoms with Crippen molar-refractivity contribution in [3.05, 3.63) is 0 Å². The van der Waals surface area contributed by atoms with E-state index in [0.717, 1.165) is 12.8 Å². The number of aliphatic hydroxyl groups excluding tert-OH is 1. The van der Waals surface area contributed by atoms with Crippen molar-refractivity contribution in [1.82, 2.24) is 0 Å². The Bertz CT molecular complexity index is 83.9. The molecule has 0 saturated heterocycles. The van der Waals surface area contributed by atoms with Crippen LogP contribution >= 0.6 is 0 Å². The number of nitrogens with two attached hydrogens (primary N) is 1. The Labute approximate surface area is 76.2 Å². The molecule has 2 heteroatoms. The highest BCUT2D eigenvalue weighted by molar-refractivity contribution is 4.48. The second-order valence-corrected chi connectivity index (χ2v) is 3.48. The maximum Gasteiger partial charge on any atom is 0.102 e. The second-order valence-electron chi connectivity index (χ2n) is 3.48. The molecule has 0 aromatic heterocycles. The van der Waals surface area contributed by atoms with Gasteiger partial charge in [-0.3, -0.25) is 0 Å². The molecule has 74 valence electrons. The van der Waals surface area contributed by atoms with E-state index >= 15 is 0 Å². The highest BCUT2D eigenvalue weighted by Gasteiger charge is 1.95. The highest BCUT2D eigenvalue weighted by atomic mass is 16.3. The van der Waals surface area contributed by atoms with Crippen LogP contribution in [0, 0.1) is 0 Å². The fourth-order valence-corrected chi connectivity index (χ4v) is 1.31. The average Bonchev–Trinajstić information content (AvgIpc) is 2.02. The van der Waals surface area contributed by atoms with Crippen molar-refractivity contribution < 1.29 is 5.11 Å². The molecule has 0 rings (SSSR count). The van der Waals surface area contributed by atoms with Crippen LogP contribution in [-0.4, -0.2) is 11.3 Å². The molecule has 0 radical (unpaired) electrons. The van der Waals surface area contributed by atoms with Crippen LogP contribution in [-0.2, 0) is 0 Å². The predicted octanol–water partition coefficient (Wildman–Crippen LogP) is 2.40. The molecular weight excluding hydrogens is 150 g/mol. The van der Waals surface area contributed by atoms with Gasteiger partial charge in [-0.1, -0.05) is 45.4 Å². The molecule has 0 bridgehead atoms. The zero-order chi connectivity index (χ0) is 9.23. The van der Waals surface area contributed by atoms with Crippen LogP contribution in [0.2, 0.25) is 0 Å². The SMILES string of the molecule is CCCCCCCCCC(N)O. The summed E-state index contributed by atoms with van der Waals surface area (Å²) in [6.45, 7) is 2.23. The largest absolute Gasteiger partial charge is 0.379 e. The molecule has 1 unspecified atom stereocenters. The smallest absolute Gasteiger partial charge is 0.102 e. The van der Waals surface area contributed by atoms with Gasteiger partial charge in [-0.25, -0.2) is 0 Å².